The number of pyridine rings is 1. The van der Waals surface area contributed by atoms with Crippen molar-refractivity contribution in [1.29, 1.82) is 0 Å². The van der Waals surface area contributed by atoms with Crippen molar-refractivity contribution in [3.05, 3.63) is 88.7 Å². The van der Waals surface area contributed by atoms with Gasteiger partial charge in [-0.25, -0.2) is 4.98 Å². The normalized spacial score (nSPS) is 10.8. The fourth-order valence-electron chi connectivity index (χ4n) is 3.17. The Kier molecular flexibility index (Phi) is 5.44. The van der Waals surface area contributed by atoms with Gasteiger partial charge in [0.2, 0.25) is 0 Å². The van der Waals surface area contributed by atoms with E-state index in [1.165, 1.54) is 12.1 Å². The van der Waals surface area contributed by atoms with Crippen molar-refractivity contribution in [2.75, 3.05) is 0 Å². The van der Waals surface area contributed by atoms with E-state index in [0.717, 1.165) is 50.8 Å². The predicted molar refractivity (Wildman–Crippen MR) is 117 cm³/mol. The maximum Gasteiger partial charge on any atom is 0.269 e. The molecule has 2 aromatic heterocycles. The summed E-state index contributed by atoms with van der Waals surface area (Å²) in [4.78, 5) is 21.0. The molecule has 5 nitrogen and oxygen atoms in total. The van der Waals surface area contributed by atoms with Gasteiger partial charge in [0.1, 0.15) is 5.01 Å². The van der Waals surface area contributed by atoms with E-state index in [9.17, 15) is 10.1 Å². The van der Waals surface area contributed by atoms with Crippen LogP contribution in [0.15, 0.2) is 72.9 Å². The number of rotatable bonds is 6. The van der Waals surface area contributed by atoms with Crippen LogP contribution >= 0.6 is 11.3 Å². The van der Waals surface area contributed by atoms with E-state index in [-0.39, 0.29) is 10.6 Å². The average Bonchev–Trinajstić information content (AvgIpc) is 3.20. The number of benzene rings is 2. The van der Waals surface area contributed by atoms with Gasteiger partial charge < -0.3 is 0 Å². The molecule has 0 aliphatic carbocycles. The van der Waals surface area contributed by atoms with E-state index < -0.39 is 0 Å². The van der Waals surface area contributed by atoms with Crippen molar-refractivity contribution in [1.82, 2.24) is 9.97 Å². The molecule has 0 N–H and O–H groups in total. The first-order chi connectivity index (χ1) is 14.2. The maximum absolute atomic E-state index is 11.0. The lowest BCUT2D eigenvalue weighted by Gasteiger charge is -2.02. The van der Waals surface area contributed by atoms with Gasteiger partial charge in [-0.05, 0) is 36.2 Å². The summed E-state index contributed by atoms with van der Waals surface area (Å²) < 4.78 is 0. The number of non-ortho nitro benzene ring substituents is 1. The van der Waals surface area contributed by atoms with Gasteiger partial charge in [0, 0.05) is 35.2 Å². The zero-order valence-electron chi connectivity index (χ0n) is 15.9. The first-order valence-electron chi connectivity index (χ1n) is 9.42. The number of hydrogen-bond acceptors (Lipinski definition) is 5. The van der Waals surface area contributed by atoms with Crippen molar-refractivity contribution in [2.45, 2.75) is 19.8 Å². The highest BCUT2D eigenvalue weighted by atomic mass is 32.1. The average molecular weight is 401 g/mol. The highest BCUT2D eigenvalue weighted by Crippen LogP contribution is 2.41. The monoisotopic (exact) mass is 401 g/mol. The van der Waals surface area contributed by atoms with Crippen molar-refractivity contribution in [2.24, 2.45) is 0 Å². The quantitative estimate of drug-likeness (QED) is 0.277. The SMILES string of the molecule is CCCc1cc(-c2nc(-c3ccccc3)c(-c3ccc([N+](=O)[O-])cc3)s2)ccn1. The van der Waals surface area contributed by atoms with Crippen LogP contribution in [0.2, 0.25) is 0 Å². The van der Waals surface area contributed by atoms with Crippen LogP contribution in [0, 0.1) is 10.1 Å². The summed E-state index contributed by atoms with van der Waals surface area (Å²) in [6, 6.07) is 20.7. The summed E-state index contributed by atoms with van der Waals surface area (Å²) in [6.45, 7) is 2.14. The van der Waals surface area contributed by atoms with Gasteiger partial charge in [0.05, 0.1) is 15.5 Å². The number of aromatic nitrogens is 2. The highest BCUT2D eigenvalue weighted by Gasteiger charge is 2.17. The third-order valence-electron chi connectivity index (χ3n) is 4.58. The Morgan fingerprint density at radius 2 is 1.72 bits per heavy atom. The molecule has 4 aromatic rings. The standard InChI is InChI=1S/C23H19N3O2S/c1-2-6-19-15-18(13-14-24-19)23-25-21(16-7-4-3-5-8-16)22(29-23)17-9-11-20(12-10-17)26(27)28/h3-5,7-15H,2,6H2,1H3. The molecular weight excluding hydrogens is 382 g/mol. The number of nitrogens with zero attached hydrogens (tertiary/aromatic N) is 3. The predicted octanol–water partition coefficient (Wildman–Crippen LogP) is 6.40. The Hall–Kier alpha value is -3.38. The van der Waals surface area contributed by atoms with Gasteiger partial charge in [0.25, 0.3) is 5.69 Å². The maximum atomic E-state index is 11.0. The van der Waals surface area contributed by atoms with Gasteiger partial charge in [-0.1, -0.05) is 43.7 Å². The largest absolute Gasteiger partial charge is 0.269 e. The summed E-state index contributed by atoms with van der Waals surface area (Å²) in [6.07, 6.45) is 3.80. The Labute approximate surface area is 172 Å². The van der Waals surface area contributed by atoms with Gasteiger partial charge in [0.15, 0.2) is 0 Å². The lowest BCUT2D eigenvalue weighted by molar-refractivity contribution is -0.384. The van der Waals surface area contributed by atoms with Crippen LogP contribution in [0.5, 0.6) is 0 Å². The fourth-order valence-corrected chi connectivity index (χ4v) is 4.26. The molecule has 0 saturated carbocycles. The van der Waals surface area contributed by atoms with Crippen molar-refractivity contribution >= 4 is 17.0 Å². The number of aryl methyl sites for hydroxylation is 1. The first-order valence-corrected chi connectivity index (χ1v) is 10.2. The summed E-state index contributed by atoms with van der Waals surface area (Å²) in [7, 11) is 0. The van der Waals surface area contributed by atoms with Gasteiger partial charge in [-0.3, -0.25) is 15.1 Å². The molecule has 0 radical (unpaired) electrons. The molecule has 2 heterocycles. The van der Waals surface area contributed by atoms with E-state index >= 15 is 0 Å². The molecule has 0 fully saturated rings. The molecule has 0 spiro atoms. The van der Waals surface area contributed by atoms with E-state index in [2.05, 4.69) is 18.0 Å². The van der Waals surface area contributed by atoms with E-state index in [1.54, 1.807) is 23.5 Å². The van der Waals surface area contributed by atoms with Crippen LogP contribution in [0.1, 0.15) is 19.0 Å². The molecule has 29 heavy (non-hydrogen) atoms. The lowest BCUT2D eigenvalue weighted by Crippen LogP contribution is -1.89. The Bertz CT molecular complexity index is 1140. The molecule has 0 aliphatic heterocycles. The molecule has 0 atom stereocenters. The van der Waals surface area contributed by atoms with Crippen LogP contribution in [0.3, 0.4) is 0 Å². The van der Waals surface area contributed by atoms with Gasteiger partial charge >= 0.3 is 0 Å². The summed E-state index contributed by atoms with van der Waals surface area (Å²) >= 11 is 1.59. The van der Waals surface area contributed by atoms with Crippen LogP contribution in [-0.4, -0.2) is 14.9 Å². The number of hydrogen-bond donors (Lipinski definition) is 0. The second-order valence-electron chi connectivity index (χ2n) is 6.65. The Morgan fingerprint density at radius 1 is 0.966 bits per heavy atom. The minimum Gasteiger partial charge on any atom is -0.261 e. The minimum absolute atomic E-state index is 0.0816. The molecule has 0 saturated heterocycles. The number of thiazole rings is 1. The van der Waals surface area contributed by atoms with Crippen LogP contribution in [0.25, 0.3) is 32.3 Å². The topological polar surface area (TPSA) is 68.9 Å². The van der Waals surface area contributed by atoms with Gasteiger partial charge in [-0.15, -0.1) is 11.3 Å². The number of nitro groups is 1. The third kappa shape index (κ3) is 4.07. The zero-order valence-corrected chi connectivity index (χ0v) is 16.7. The minimum atomic E-state index is -0.383. The van der Waals surface area contributed by atoms with Crippen LogP contribution in [0.4, 0.5) is 5.69 Å². The van der Waals surface area contributed by atoms with Crippen molar-refractivity contribution in [3.8, 4) is 32.3 Å². The summed E-state index contributed by atoms with van der Waals surface area (Å²) in [5.74, 6) is 0. The molecular formula is C23H19N3O2S. The molecule has 0 bridgehead atoms. The number of nitro benzene ring substituents is 1. The van der Waals surface area contributed by atoms with Crippen LogP contribution < -0.4 is 0 Å². The molecule has 144 valence electrons. The molecule has 0 unspecified atom stereocenters. The molecule has 0 amide bonds. The van der Waals surface area contributed by atoms with Crippen LogP contribution in [-0.2, 0) is 6.42 Å². The second kappa shape index (κ2) is 8.32. The summed E-state index contributed by atoms with van der Waals surface area (Å²) in [5.41, 5.74) is 5.00. The first kappa shape index (κ1) is 19.0. The zero-order chi connectivity index (χ0) is 20.2. The van der Waals surface area contributed by atoms with E-state index in [4.69, 9.17) is 4.98 Å². The summed E-state index contributed by atoms with van der Waals surface area (Å²) in [5, 5.41) is 11.9. The smallest absolute Gasteiger partial charge is 0.261 e. The van der Waals surface area contributed by atoms with Crippen molar-refractivity contribution < 1.29 is 4.92 Å². The second-order valence-corrected chi connectivity index (χ2v) is 7.65. The van der Waals surface area contributed by atoms with Crippen molar-refractivity contribution in [3.63, 3.8) is 0 Å². The molecule has 2 aromatic carbocycles. The van der Waals surface area contributed by atoms with Gasteiger partial charge in [-0.2, -0.15) is 0 Å². The van der Waals surface area contributed by atoms with E-state index in [0.29, 0.717) is 0 Å². The fraction of sp³-hybridized carbons (Fsp3) is 0.130. The molecule has 4 rings (SSSR count). The Morgan fingerprint density at radius 3 is 2.41 bits per heavy atom. The Balaban J connectivity index is 1.83. The third-order valence-corrected chi connectivity index (χ3v) is 5.74. The molecule has 6 heteroatoms. The lowest BCUT2D eigenvalue weighted by atomic mass is 10.1. The molecule has 0 aliphatic rings. The van der Waals surface area contributed by atoms with E-state index in [1.807, 2.05) is 42.6 Å². The highest BCUT2D eigenvalue weighted by molar-refractivity contribution is 7.19.